The highest BCUT2D eigenvalue weighted by molar-refractivity contribution is 5.82. The van der Waals surface area contributed by atoms with Crippen molar-refractivity contribution < 1.29 is 18.4 Å². The fourth-order valence-corrected chi connectivity index (χ4v) is 1.45. The van der Waals surface area contributed by atoms with E-state index in [2.05, 4.69) is 10.1 Å². The van der Waals surface area contributed by atoms with E-state index in [9.17, 15) is 13.2 Å². The van der Waals surface area contributed by atoms with E-state index < -0.39 is 24.5 Å². The number of nitrogens with zero attached hydrogens (tertiary/aromatic N) is 3. The van der Waals surface area contributed by atoms with Gasteiger partial charge in [0.2, 0.25) is 0 Å². The second-order valence-corrected chi connectivity index (χ2v) is 3.47. The number of hydrogen-bond acceptors (Lipinski definition) is 3. The Morgan fingerprint density at radius 1 is 1.65 bits per heavy atom. The number of nitrogens with two attached hydrogens (primary N) is 1. The van der Waals surface area contributed by atoms with Gasteiger partial charge >= 0.3 is 6.18 Å². The van der Waals surface area contributed by atoms with Gasteiger partial charge in [0.15, 0.2) is 5.84 Å². The van der Waals surface area contributed by atoms with E-state index in [1.54, 1.807) is 6.92 Å². The Hall–Kier alpha value is -1.73. The van der Waals surface area contributed by atoms with Crippen molar-refractivity contribution in [1.29, 1.82) is 0 Å². The molecule has 0 saturated heterocycles. The van der Waals surface area contributed by atoms with Gasteiger partial charge in [0.05, 0.1) is 0 Å². The monoisotopic (exact) mass is 250 g/mol. The third-order valence-corrected chi connectivity index (χ3v) is 2.36. The van der Waals surface area contributed by atoms with Gasteiger partial charge in [-0.2, -0.15) is 13.2 Å². The van der Waals surface area contributed by atoms with Crippen molar-refractivity contribution >= 4 is 5.84 Å². The highest BCUT2D eigenvalue weighted by Crippen LogP contribution is 2.28. The van der Waals surface area contributed by atoms with Crippen molar-refractivity contribution in [3.05, 3.63) is 18.2 Å². The van der Waals surface area contributed by atoms with Crippen LogP contribution in [0.15, 0.2) is 17.5 Å². The SMILES string of the molecule is CCc1nccn1CC(/C(N)=N/O)C(F)(F)F. The van der Waals surface area contributed by atoms with E-state index in [1.807, 2.05) is 0 Å². The van der Waals surface area contributed by atoms with Gasteiger partial charge in [-0.05, 0) is 0 Å². The second kappa shape index (κ2) is 5.07. The van der Waals surface area contributed by atoms with Crippen LogP contribution in [0.25, 0.3) is 0 Å². The summed E-state index contributed by atoms with van der Waals surface area (Å²) in [4.78, 5) is 3.91. The van der Waals surface area contributed by atoms with Crippen LogP contribution < -0.4 is 5.73 Å². The molecule has 0 saturated carbocycles. The minimum absolute atomic E-state index is 0.442. The summed E-state index contributed by atoms with van der Waals surface area (Å²) in [5.74, 6) is -2.36. The standard InChI is InChI=1S/C9H13F3N4O/c1-2-7-14-3-4-16(7)5-6(8(13)15-17)9(10,11)12/h3-4,6,17H,2,5H2,1H3,(H2,13,15). The molecule has 1 heterocycles. The Balaban J connectivity index is 2.95. The van der Waals surface area contributed by atoms with Crippen molar-refractivity contribution in [3.63, 3.8) is 0 Å². The molecule has 0 fully saturated rings. The van der Waals surface area contributed by atoms with Crippen LogP contribution in [-0.2, 0) is 13.0 Å². The smallest absolute Gasteiger partial charge is 0.400 e. The Labute approximate surface area is 95.7 Å². The van der Waals surface area contributed by atoms with Gasteiger partial charge in [-0.3, -0.25) is 0 Å². The molecule has 8 heteroatoms. The van der Waals surface area contributed by atoms with Gasteiger partial charge in [-0.15, -0.1) is 0 Å². The van der Waals surface area contributed by atoms with Crippen LogP contribution in [-0.4, -0.2) is 26.8 Å². The van der Waals surface area contributed by atoms with Gasteiger partial charge in [0.1, 0.15) is 11.7 Å². The fraction of sp³-hybridized carbons (Fsp3) is 0.556. The van der Waals surface area contributed by atoms with Crippen LogP contribution in [0.1, 0.15) is 12.7 Å². The number of alkyl halides is 3. The minimum atomic E-state index is -4.56. The highest BCUT2D eigenvalue weighted by Gasteiger charge is 2.43. The number of amidine groups is 1. The molecule has 1 unspecified atom stereocenters. The number of imidazole rings is 1. The molecule has 1 rings (SSSR count). The van der Waals surface area contributed by atoms with Gasteiger partial charge in [0, 0.05) is 25.4 Å². The number of aryl methyl sites for hydroxylation is 1. The quantitative estimate of drug-likeness (QED) is 0.367. The van der Waals surface area contributed by atoms with Crippen LogP contribution in [0, 0.1) is 5.92 Å². The molecule has 0 bridgehead atoms. The van der Waals surface area contributed by atoms with Crippen molar-refractivity contribution in [2.24, 2.45) is 16.8 Å². The molecular weight excluding hydrogens is 237 g/mol. The van der Waals surface area contributed by atoms with Crippen molar-refractivity contribution in [3.8, 4) is 0 Å². The summed E-state index contributed by atoms with van der Waals surface area (Å²) >= 11 is 0. The first kappa shape index (κ1) is 13.3. The van der Waals surface area contributed by atoms with Crippen LogP contribution in [0.3, 0.4) is 0 Å². The molecule has 1 atom stereocenters. The molecule has 17 heavy (non-hydrogen) atoms. The van der Waals surface area contributed by atoms with E-state index in [4.69, 9.17) is 10.9 Å². The molecule has 1 aromatic heterocycles. The summed E-state index contributed by atoms with van der Waals surface area (Å²) in [6, 6.07) is 0. The average Bonchev–Trinajstić information content (AvgIpc) is 2.70. The lowest BCUT2D eigenvalue weighted by atomic mass is 10.1. The van der Waals surface area contributed by atoms with E-state index in [1.165, 1.54) is 17.0 Å². The topological polar surface area (TPSA) is 76.4 Å². The maximum Gasteiger partial charge on any atom is 0.400 e. The van der Waals surface area contributed by atoms with Gasteiger partial charge in [-0.1, -0.05) is 12.1 Å². The zero-order chi connectivity index (χ0) is 13.1. The van der Waals surface area contributed by atoms with Crippen molar-refractivity contribution in [1.82, 2.24) is 9.55 Å². The third kappa shape index (κ3) is 3.11. The number of rotatable bonds is 4. The summed E-state index contributed by atoms with van der Waals surface area (Å²) in [7, 11) is 0. The van der Waals surface area contributed by atoms with E-state index in [0.29, 0.717) is 12.2 Å². The Bertz CT molecular complexity index is 399. The Kier molecular flexibility index (Phi) is 3.97. The first-order valence-electron chi connectivity index (χ1n) is 4.94. The molecule has 0 aromatic carbocycles. The van der Waals surface area contributed by atoms with Crippen molar-refractivity contribution in [2.75, 3.05) is 0 Å². The van der Waals surface area contributed by atoms with Gasteiger partial charge in [0.25, 0.3) is 0 Å². The summed E-state index contributed by atoms with van der Waals surface area (Å²) in [5.41, 5.74) is 5.06. The predicted molar refractivity (Wildman–Crippen MR) is 54.6 cm³/mol. The van der Waals surface area contributed by atoms with Gasteiger partial charge < -0.3 is 15.5 Å². The minimum Gasteiger partial charge on any atom is -0.409 e. The molecule has 0 aliphatic rings. The molecule has 5 nitrogen and oxygen atoms in total. The first-order chi connectivity index (χ1) is 7.90. The predicted octanol–water partition coefficient (Wildman–Crippen LogP) is 1.37. The number of aromatic nitrogens is 2. The van der Waals surface area contributed by atoms with Crippen LogP contribution in [0.2, 0.25) is 0 Å². The summed E-state index contributed by atoms with van der Waals surface area (Å²) in [6.45, 7) is 1.34. The third-order valence-electron chi connectivity index (χ3n) is 2.36. The summed E-state index contributed by atoms with van der Waals surface area (Å²) in [5, 5.41) is 10.8. The maximum atomic E-state index is 12.7. The normalized spacial score (nSPS) is 14.9. The zero-order valence-corrected chi connectivity index (χ0v) is 9.15. The lowest BCUT2D eigenvalue weighted by molar-refractivity contribution is -0.159. The van der Waals surface area contributed by atoms with Crippen LogP contribution in [0.4, 0.5) is 13.2 Å². The molecule has 0 spiro atoms. The lowest BCUT2D eigenvalue weighted by Gasteiger charge is -2.20. The summed E-state index contributed by atoms with van der Waals surface area (Å²) < 4.78 is 39.4. The second-order valence-electron chi connectivity index (χ2n) is 3.47. The maximum absolute atomic E-state index is 12.7. The summed E-state index contributed by atoms with van der Waals surface area (Å²) in [6.07, 6.45) is -1.21. The van der Waals surface area contributed by atoms with Crippen LogP contribution in [0.5, 0.6) is 0 Å². The number of halogens is 3. The molecule has 96 valence electrons. The average molecular weight is 250 g/mol. The molecule has 0 aliphatic carbocycles. The molecule has 0 aliphatic heterocycles. The molecule has 0 radical (unpaired) electrons. The van der Waals surface area contributed by atoms with Gasteiger partial charge in [-0.25, -0.2) is 4.98 Å². The van der Waals surface area contributed by atoms with E-state index >= 15 is 0 Å². The number of hydrogen-bond donors (Lipinski definition) is 2. The molecule has 1 aromatic rings. The Morgan fingerprint density at radius 3 is 2.76 bits per heavy atom. The van der Waals surface area contributed by atoms with E-state index in [-0.39, 0.29) is 0 Å². The Morgan fingerprint density at radius 2 is 2.29 bits per heavy atom. The lowest BCUT2D eigenvalue weighted by Crippen LogP contribution is -2.39. The van der Waals surface area contributed by atoms with Crippen LogP contribution >= 0.6 is 0 Å². The largest absolute Gasteiger partial charge is 0.409 e. The van der Waals surface area contributed by atoms with Crippen molar-refractivity contribution in [2.45, 2.75) is 26.1 Å². The molecular formula is C9H13F3N4O. The van der Waals surface area contributed by atoms with E-state index in [0.717, 1.165) is 0 Å². The number of oxime groups is 1. The highest BCUT2D eigenvalue weighted by atomic mass is 19.4. The zero-order valence-electron chi connectivity index (χ0n) is 9.15. The fourth-order valence-electron chi connectivity index (χ4n) is 1.45. The first-order valence-corrected chi connectivity index (χ1v) is 4.94. The molecule has 3 N–H and O–H groups in total. The molecule has 0 amide bonds.